The minimum atomic E-state index is 0.265. The lowest BCUT2D eigenvalue weighted by atomic mass is 9.95. The van der Waals surface area contributed by atoms with E-state index in [1.54, 1.807) is 6.07 Å². The number of nitrogens with zero attached hydrogens (tertiary/aromatic N) is 1. The lowest BCUT2D eigenvalue weighted by Gasteiger charge is -2.13. The highest BCUT2D eigenvalue weighted by molar-refractivity contribution is 5.74. The minimum Gasteiger partial charge on any atom is -0.507 e. The van der Waals surface area contributed by atoms with E-state index in [2.05, 4.69) is 30.1 Å². The molecule has 1 heterocycles. The molecule has 158 valence electrons. The van der Waals surface area contributed by atoms with Crippen LogP contribution in [-0.2, 0) is 12.8 Å². The van der Waals surface area contributed by atoms with Gasteiger partial charge < -0.3 is 9.84 Å². The largest absolute Gasteiger partial charge is 0.507 e. The Labute approximate surface area is 180 Å². The Morgan fingerprint density at radius 1 is 0.800 bits per heavy atom. The number of phenols is 1. The van der Waals surface area contributed by atoms with Crippen LogP contribution >= 0.6 is 0 Å². The molecular weight excluding hydrogens is 370 g/mol. The number of rotatable bonds is 12. The topological polar surface area (TPSA) is 42.4 Å². The molecule has 3 aromatic rings. The normalized spacial score (nSPS) is 10.8. The van der Waals surface area contributed by atoms with Crippen molar-refractivity contribution >= 4 is 0 Å². The molecule has 0 saturated carbocycles. The number of pyridine rings is 1. The van der Waals surface area contributed by atoms with E-state index < -0.39 is 0 Å². The van der Waals surface area contributed by atoms with Crippen molar-refractivity contribution in [2.75, 3.05) is 6.61 Å². The van der Waals surface area contributed by atoms with Crippen LogP contribution in [0.1, 0.15) is 56.7 Å². The zero-order valence-corrected chi connectivity index (χ0v) is 18.0. The molecule has 0 unspecified atom stereocenters. The lowest BCUT2D eigenvalue weighted by molar-refractivity contribution is 0.303. The van der Waals surface area contributed by atoms with Crippen molar-refractivity contribution in [2.24, 2.45) is 0 Å². The Bertz CT molecular complexity index is 892. The van der Waals surface area contributed by atoms with E-state index in [9.17, 15) is 5.11 Å². The molecule has 30 heavy (non-hydrogen) atoms. The first-order valence-corrected chi connectivity index (χ1v) is 11.2. The summed E-state index contributed by atoms with van der Waals surface area (Å²) < 4.78 is 5.85. The van der Waals surface area contributed by atoms with Crippen LogP contribution in [0.15, 0.2) is 66.9 Å². The first-order valence-electron chi connectivity index (χ1n) is 11.2. The molecule has 0 aliphatic rings. The van der Waals surface area contributed by atoms with Crippen LogP contribution in [0.5, 0.6) is 11.5 Å². The maximum atomic E-state index is 10.7. The third kappa shape index (κ3) is 6.62. The van der Waals surface area contributed by atoms with E-state index in [0.29, 0.717) is 6.61 Å². The highest BCUT2D eigenvalue weighted by Crippen LogP contribution is 2.35. The van der Waals surface area contributed by atoms with Crippen molar-refractivity contribution in [3.63, 3.8) is 0 Å². The average molecular weight is 404 g/mol. The summed E-state index contributed by atoms with van der Waals surface area (Å²) in [7, 11) is 0. The molecule has 0 aliphatic carbocycles. The van der Waals surface area contributed by atoms with Gasteiger partial charge in [-0.15, -0.1) is 0 Å². The quantitative estimate of drug-likeness (QED) is 0.332. The number of benzene rings is 2. The van der Waals surface area contributed by atoms with E-state index >= 15 is 0 Å². The van der Waals surface area contributed by atoms with Gasteiger partial charge in [-0.05, 0) is 54.7 Å². The van der Waals surface area contributed by atoms with Gasteiger partial charge in [-0.3, -0.25) is 4.98 Å². The predicted octanol–water partition coefficient (Wildman–Crippen LogP) is 6.98. The van der Waals surface area contributed by atoms with Crippen molar-refractivity contribution < 1.29 is 9.84 Å². The summed E-state index contributed by atoms with van der Waals surface area (Å²) in [5.74, 6) is 0.997. The van der Waals surface area contributed by atoms with Gasteiger partial charge in [0.15, 0.2) is 0 Å². The van der Waals surface area contributed by atoms with E-state index in [1.807, 2.05) is 42.6 Å². The standard InChI is InChI=1S/C27H33NO2/c1-2-3-4-5-6-11-20-30-24-17-18-26(27(29)21-24)25-14-8-7-12-22(25)15-16-23-13-9-10-19-28-23/h7-10,12-14,17-19,21,29H,2-6,11,15-16,20H2,1H3. The van der Waals surface area contributed by atoms with Crippen LogP contribution in [0.4, 0.5) is 0 Å². The molecule has 0 spiro atoms. The Morgan fingerprint density at radius 3 is 2.40 bits per heavy atom. The van der Waals surface area contributed by atoms with Gasteiger partial charge in [0.25, 0.3) is 0 Å². The zero-order chi connectivity index (χ0) is 21.0. The smallest absolute Gasteiger partial charge is 0.127 e. The summed E-state index contributed by atoms with van der Waals surface area (Å²) in [6.07, 6.45) is 11.0. The van der Waals surface area contributed by atoms with Gasteiger partial charge in [-0.1, -0.05) is 69.4 Å². The molecule has 3 nitrogen and oxygen atoms in total. The van der Waals surface area contributed by atoms with Crippen LogP contribution in [0, 0.1) is 0 Å². The van der Waals surface area contributed by atoms with E-state index in [0.717, 1.165) is 41.8 Å². The Hall–Kier alpha value is -2.81. The van der Waals surface area contributed by atoms with Crippen LogP contribution in [0.3, 0.4) is 0 Å². The summed E-state index contributed by atoms with van der Waals surface area (Å²) in [4.78, 5) is 4.42. The molecule has 1 N–H and O–H groups in total. The van der Waals surface area contributed by atoms with Gasteiger partial charge in [0.1, 0.15) is 11.5 Å². The number of ether oxygens (including phenoxy) is 1. The van der Waals surface area contributed by atoms with Crippen molar-refractivity contribution in [1.82, 2.24) is 4.98 Å². The maximum absolute atomic E-state index is 10.7. The summed E-state index contributed by atoms with van der Waals surface area (Å²) in [6.45, 7) is 2.93. The minimum absolute atomic E-state index is 0.265. The fraction of sp³-hybridized carbons (Fsp3) is 0.370. The molecule has 0 aliphatic heterocycles. The number of unbranched alkanes of at least 4 members (excludes halogenated alkanes) is 5. The summed E-state index contributed by atoms with van der Waals surface area (Å²) in [5, 5.41) is 10.7. The molecule has 2 aromatic carbocycles. The van der Waals surface area contributed by atoms with Gasteiger partial charge >= 0.3 is 0 Å². The fourth-order valence-electron chi connectivity index (χ4n) is 3.71. The number of aromatic hydroxyl groups is 1. The van der Waals surface area contributed by atoms with Crippen molar-refractivity contribution in [2.45, 2.75) is 58.3 Å². The molecular formula is C27H33NO2. The van der Waals surface area contributed by atoms with Crippen molar-refractivity contribution in [1.29, 1.82) is 0 Å². The summed E-state index contributed by atoms with van der Waals surface area (Å²) >= 11 is 0. The third-order valence-electron chi connectivity index (χ3n) is 5.42. The molecule has 0 bridgehead atoms. The van der Waals surface area contributed by atoms with Crippen molar-refractivity contribution in [3.05, 3.63) is 78.1 Å². The number of hydrogen-bond acceptors (Lipinski definition) is 3. The number of aryl methyl sites for hydroxylation is 2. The SMILES string of the molecule is CCCCCCCCOc1ccc(-c2ccccc2CCc2ccccn2)c(O)c1. The van der Waals surface area contributed by atoms with Gasteiger partial charge in [-0.25, -0.2) is 0 Å². The molecule has 3 heteroatoms. The number of phenolic OH excluding ortho intramolecular Hbond substituents is 1. The molecule has 0 fully saturated rings. The lowest BCUT2D eigenvalue weighted by Crippen LogP contribution is -1.98. The Balaban J connectivity index is 1.59. The van der Waals surface area contributed by atoms with Crippen LogP contribution in [0.25, 0.3) is 11.1 Å². The second kappa shape index (κ2) is 12.0. The summed E-state index contributed by atoms with van der Waals surface area (Å²) in [5.41, 5.74) is 4.20. The second-order valence-corrected chi connectivity index (χ2v) is 7.77. The van der Waals surface area contributed by atoms with Gasteiger partial charge in [0.05, 0.1) is 6.61 Å². The van der Waals surface area contributed by atoms with Crippen LogP contribution in [-0.4, -0.2) is 16.7 Å². The second-order valence-electron chi connectivity index (χ2n) is 7.77. The fourth-order valence-corrected chi connectivity index (χ4v) is 3.71. The predicted molar refractivity (Wildman–Crippen MR) is 124 cm³/mol. The molecule has 1 aromatic heterocycles. The maximum Gasteiger partial charge on any atom is 0.127 e. The van der Waals surface area contributed by atoms with Crippen LogP contribution in [0.2, 0.25) is 0 Å². The van der Waals surface area contributed by atoms with E-state index in [-0.39, 0.29) is 5.75 Å². The summed E-state index contributed by atoms with van der Waals surface area (Å²) in [6, 6.07) is 19.9. The first kappa shape index (κ1) is 21.9. The molecule has 3 rings (SSSR count). The zero-order valence-electron chi connectivity index (χ0n) is 18.0. The molecule has 0 atom stereocenters. The van der Waals surface area contributed by atoms with Gasteiger partial charge in [-0.2, -0.15) is 0 Å². The first-order chi connectivity index (χ1) is 14.8. The molecule has 0 amide bonds. The highest BCUT2D eigenvalue weighted by atomic mass is 16.5. The number of aromatic nitrogens is 1. The van der Waals surface area contributed by atoms with Crippen molar-refractivity contribution in [3.8, 4) is 22.6 Å². The van der Waals surface area contributed by atoms with E-state index in [4.69, 9.17) is 4.74 Å². The number of hydrogen-bond donors (Lipinski definition) is 1. The highest BCUT2D eigenvalue weighted by Gasteiger charge is 2.11. The molecule has 0 saturated heterocycles. The van der Waals surface area contributed by atoms with Gasteiger partial charge in [0, 0.05) is 23.5 Å². The average Bonchev–Trinajstić information content (AvgIpc) is 2.78. The Morgan fingerprint density at radius 2 is 1.60 bits per heavy atom. The molecule has 0 radical (unpaired) electrons. The third-order valence-corrected chi connectivity index (χ3v) is 5.42. The Kier molecular flexibility index (Phi) is 8.77. The van der Waals surface area contributed by atoms with Gasteiger partial charge in [0.2, 0.25) is 0 Å². The van der Waals surface area contributed by atoms with E-state index in [1.165, 1.54) is 37.7 Å². The van der Waals surface area contributed by atoms with Crippen LogP contribution < -0.4 is 4.74 Å². The monoisotopic (exact) mass is 403 g/mol.